The highest BCUT2D eigenvalue weighted by molar-refractivity contribution is 7.47. The van der Waals surface area contributed by atoms with Gasteiger partial charge in [0.05, 0.1) is 25.4 Å². The standard InChI is InChI=1S/C47H95N2O6P/c1-5-8-10-12-14-16-18-20-21-22-23-24-25-26-27-29-31-33-35-37-39-41-47(51)48-45(44-55-56(52,53)54-43-42-49(4)7-3)46(50)40-38-36-34-32-30-28-19-17-15-13-11-9-6-2/h20-21,45-46,50H,5-19,22-44H2,1-4H3,(H,48,51)(H,52,53)/b21-20-. The van der Waals surface area contributed by atoms with Crippen LogP contribution in [0.25, 0.3) is 0 Å². The molecule has 3 unspecified atom stereocenters. The van der Waals surface area contributed by atoms with Gasteiger partial charge in [-0.2, -0.15) is 0 Å². The van der Waals surface area contributed by atoms with Gasteiger partial charge in [-0.05, 0) is 52.1 Å². The quantitative estimate of drug-likeness (QED) is 0.0319. The summed E-state index contributed by atoms with van der Waals surface area (Å²) < 4.78 is 23.0. The maximum Gasteiger partial charge on any atom is 0.472 e. The summed E-state index contributed by atoms with van der Waals surface area (Å²) in [4.78, 5) is 25.1. The van der Waals surface area contributed by atoms with Gasteiger partial charge >= 0.3 is 7.82 Å². The third-order valence-corrected chi connectivity index (χ3v) is 12.2. The first-order valence-corrected chi connectivity index (χ1v) is 25.7. The molecule has 0 aliphatic carbocycles. The normalized spacial score (nSPS) is 14.1. The number of allylic oxidation sites excluding steroid dienone is 2. The molecule has 0 radical (unpaired) electrons. The fraction of sp³-hybridized carbons (Fsp3) is 0.936. The third-order valence-electron chi connectivity index (χ3n) is 11.3. The molecular weight excluding hydrogens is 719 g/mol. The average Bonchev–Trinajstić information content (AvgIpc) is 3.18. The first kappa shape index (κ1) is 55.2. The van der Waals surface area contributed by atoms with Gasteiger partial charge in [-0.15, -0.1) is 0 Å². The Hall–Kier alpha value is -0.760. The van der Waals surface area contributed by atoms with Gasteiger partial charge in [-0.3, -0.25) is 13.8 Å². The fourth-order valence-electron chi connectivity index (χ4n) is 7.20. The number of nitrogens with one attached hydrogen (secondary N) is 1. The van der Waals surface area contributed by atoms with Gasteiger partial charge in [-0.1, -0.05) is 206 Å². The van der Waals surface area contributed by atoms with E-state index >= 15 is 0 Å². The van der Waals surface area contributed by atoms with E-state index in [2.05, 4.69) is 31.3 Å². The first-order valence-electron chi connectivity index (χ1n) is 24.2. The minimum absolute atomic E-state index is 0.0636. The molecule has 8 nitrogen and oxygen atoms in total. The van der Waals surface area contributed by atoms with Crippen molar-refractivity contribution in [3.63, 3.8) is 0 Å². The summed E-state index contributed by atoms with van der Waals surface area (Å²) in [5, 5.41) is 14.0. The number of likely N-dealkylation sites (N-methyl/N-ethyl adjacent to an activating group) is 1. The van der Waals surface area contributed by atoms with Crippen molar-refractivity contribution in [3.05, 3.63) is 12.2 Å². The van der Waals surface area contributed by atoms with E-state index in [-0.39, 0.29) is 19.1 Å². The van der Waals surface area contributed by atoms with Crippen molar-refractivity contribution in [3.8, 4) is 0 Å². The van der Waals surface area contributed by atoms with Crippen LogP contribution in [-0.4, -0.2) is 66.3 Å². The molecule has 0 aromatic heterocycles. The number of hydrogen-bond acceptors (Lipinski definition) is 6. The molecule has 56 heavy (non-hydrogen) atoms. The molecule has 0 saturated carbocycles. The molecule has 0 spiro atoms. The lowest BCUT2D eigenvalue weighted by molar-refractivity contribution is -0.123. The van der Waals surface area contributed by atoms with E-state index in [1.54, 1.807) is 0 Å². The van der Waals surface area contributed by atoms with Gasteiger partial charge in [0.15, 0.2) is 0 Å². The molecule has 1 amide bonds. The Kier molecular flexibility index (Phi) is 41.8. The lowest BCUT2D eigenvalue weighted by atomic mass is 10.0. The van der Waals surface area contributed by atoms with Crippen molar-refractivity contribution < 1.29 is 28.4 Å². The number of unbranched alkanes of at least 4 members (excludes halogenated alkanes) is 29. The van der Waals surface area contributed by atoms with Crippen LogP contribution in [0.4, 0.5) is 0 Å². The molecule has 3 atom stereocenters. The lowest BCUT2D eigenvalue weighted by Crippen LogP contribution is -2.46. The number of phosphoric ester groups is 1. The summed E-state index contributed by atoms with van der Waals surface area (Å²) in [6.07, 6.45) is 45.2. The van der Waals surface area contributed by atoms with Crippen LogP contribution in [0.2, 0.25) is 0 Å². The highest BCUT2D eigenvalue weighted by Crippen LogP contribution is 2.43. The Morgan fingerprint density at radius 3 is 1.43 bits per heavy atom. The van der Waals surface area contributed by atoms with Gasteiger partial charge in [0.25, 0.3) is 0 Å². The summed E-state index contributed by atoms with van der Waals surface area (Å²) >= 11 is 0. The Morgan fingerprint density at radius 1 is 0.607 bits per heavy atom. The predicted octanol–water partition coefficient (Wildman–Crippen LogP) is 13.8. The monoisotopic (exact) mass is 815 g/mol. The predicted molar refractivity (Wildman–Crippen MR) is 240 cm³/mol. The number of nitrogens with zero attached hydrogens (tertiary/aromatic N) is 1. The van der Waals surface area contributed by atoms with Crippen LogP contribution in [0.3, 0.4) is 0 Å². The molecule has 334 valence electrons. The molecule has 0 saturated heterocycles. The summed E-state index contributed by atoms with van der Waals surface area (Å²) in [5.74, 6) is -0.144. The van der Waals surface area contributed by atoms with Gasteiger partial charge in [0.1, 0.15) is 0 Å². The Morgan fingerprint density at radius 2 is 1.00 bits per heavy atom. The van der Waals surface area contributed by atoms with E-state index in [4.69, 9.17) is 9.05 Å². The van der Waals surface area contributed by atoms with Crippen LogP contribution in [0.5, 0.6) is 0 Å². The molecule has 0 aromatic carbocycles. The minimum atomic E-state index is -4.31. The number of rotatable bonds is 45. The maximum absolute atomic E-state index is 12.9. The van der Waals surface area contributed by atoms with Crippen molar-refractivity contribution >= 4 is 13.7 Å². The van der Waals surface area contributed by atoms with Crippen molar-refractivity contribution in [1.82, 2.24) is 10.2 Å². The lowest BCUT2D eigenvalue weighted by Gasteiger charge is -2.25. The Bertz CT molecular complexity index is 906. The van der Waals surface area contributed by atoms with E-state index in [9.17, 15) is 19.4 Å². The van der Waals surface area contributed by atoms with Crippen molar-refractivity contribution in [2.75, 3.05) is 33.4 Å². The van der Waals surface area contributed by atoms with Crippen molar-refractivity contribution in [2.45, 2.75) is 251 Å². The highest BCUT2D eigenvalue weighted by atomic mass is 31.2. The second kappa shape index (κ2) is 42.4. The summed E-state index contributed by atoms with van der Waals surface area (Å²) in [6, 6.07) is -0.756. The van der Waals surface area contributed by atoms with Crippen LogP contribution in [0.1, 0.15) is 239 Å². The van der Waals surface area contributed by atoms with Gasteiger partial charge in [0.2, 0.25) is 5.91 Å². The third kappa shape index (κ3) is 40.0. The largest absolute Gasteiger partial charge is 0.472 e. The van der Waals surface area contributed by atoms with Crippen LogP contribution in [-0.2, 0) is 18.4 Å². The smallest absolute Gasteiger partial charge is 0.391 e. The number of carbonyl (C=O) groups excluding carboxylic acids is 1. The van der Waals surface area contributed by atoms with Crippen LogP contribution in [0.15, 0.2) is 12.2 Å². The molecule has 0 aromatic rings. The second-order valence-corrected chi connectivity index (χ2v) is 18.2. The molecule has 0 aliphatic rings. The Balaban J connectivity index is 4.23. The van der Waals surface area contributed by atoms with E-state index in [1.165, 1.54) is 167 Å². The number of aliphatic hydroxyl groups excluding tert-OH is 1. The fourth-order valence-corrected chi connectivity index (χ4v) is 7.94. The average molecular weight is 815 g/mol. The molecular formula is C47H95N2O6P. The number of amides is 1. The maximum atomic E-state index is 12.9. The van der Waals surface area contributed by atoms with Crippen LogP contribution < -0.4 is 5.32 Å². The van der Waals surface area contributed by atoms with E-state index in [1.807, 2.05) is 18.9 Å². The molecule has 9 heteroatoms. The minimum Gasteiger partial charge on any atom is -0.391 e. The summed E-state index contributed by atoms with van der Waals surface area (Å²) in [5.41, 5.74) is 0. The summed E-state index contributed by atoms with van der Waals surface area (Å²) in [7, 11) is -2.40. The zero-order valence-corrected chi connectivity index (χ0v) is 38.5. The van der Waals surface area contributed by atoms with E-state index < -0.39 is 20.0 Å². The first-order chi connectivity index (χ1) is 27.3. The number of carbonyl (C=O) groups is 1. The highest BCUT2D eigenvalue weighted by Gasteiger charge is 2.28. The van der Waals surface area contributed by atoms with E-state index in [0.717, 1.165) is 45.1 Å². The molecule has 0 aliphatic heterocycles. The number of hydrogen-bond donors (Lipinski definition) is 3. The van der Waals surface area contributed by atoms with Gasteiger partial charge < -0.3 is 20.2 Å². The number of phosphoric acid groups is 1. The number of aliphatic hydroxyl groups is 1. The van der Waals surface area contributed by atoms with E-state index in [0.29, 0.717) is 19.4 Å². The zero-order chi connectivity index (χ0) is 41.2. The topological polar surface area (TPSA) is 108 Å². The van der Waals surface area contributed by atoms with Crippen LogP contribution in [0, 0.1) is 0 Å². The van der Waals surface area contributed by atoms with Crippen molar-refractivity contribution in [1.29, 1.82) is 0 Å². The molecule has 0 bridgehead atoms. The second-order valence-electron chi connectivity index (χ2n) is 16.7. The summed E-state index contributed by atoms with van der Waals surface area (Å²) in [6.45, 7) is 7.64. The van der Waals surface area contributed by atoms with Crippen LogP contribution >= 0.6 is 7.82 Å². The Labute approximate surface area is 348 Å². The molecule has 0 rings (SSSR count). The molecule has 0 heterocycles. The van der Waals surface area contributed by atoms with Gasteiger partial charge in [0, 0.05) is 13.0 Å². The zero-order valence-electron chi connectivity index (χ0n) is 37.6. The molecule has 3 N–H and O–H groups in total. The van der Waals surface area contributed by atoms with Crippen molar-refractivity contribution in [2.24, 2.45) is 0 Å². The molecule has 0 fully saturated rings. The SMILES string of the molecule is CCCCCCCC/C=C\CCCCCCCCCCCCCC(=O)NC(COP(=O)(O)OCCN(C)CC)C(O)CCCCCCCCCCCCCCC. The van der Waals surface area contributed by atoms with Gasteiger partial charge in [-0.25, -0.2) is 4.57 Å².